The first kappa shape index (κ1) is 18.0. The van der Waals surface area contributed by atoms with Crippen LogP contribution in [0.4, 0.5) is 0 Å². The third-order valence-electron chi connectivity index (χ3n) is 5.05. The quantitative estimate of drug-likeness (QED) is 0.207. The minimum atomic E-state index is -1.04. The molecule has 0 nitrogen and oxygen atoms in total. The van der Waals surface area contributed by atoms with Crippen molar-refractivity contribution in [3.05, 3.63) is 12.7 Å². The van der Waals surface area contributed by atoms with Crippen LogP contribution in [0.25, 0.3) is 0 Å². The Morgan fingerprint density at radius 3 is 1.78 bits per heavy atom. The van der Waals surface area contributed by atoms with E-state index in [9.17, 15) is 0 Å². The third kappa shape index (κ3) is 5.73. The van der Waals surface area contributed by atoms with E-state index in [0.29, 0.717) is 0 Å². The standard InChI is InChI=1S/C17H36Si/c1-6-11-12-13-14-15-16-17(7-2)18(8-3,9-4)10-5/h7,17H,2,6,8-16H2,1,3-5H3. The Labute approximate surface area is 117 Å². The summed E-state index contributed by atoms with van der Waals surface area (Å²) in [5, 5.41) is 0. The van der Waals surface area contributed by atoms with Crippen molar-refractivity contribution in [2.24, 2.45) is 0 Å². The fraction of sp³-hybridized carbons (Fsp3) is 0.882. The molecule has 0 saturated carbocycles. The van der Waals surface area contributed by atoms with Crippen LogP contribution < -0.4 is 0 Å². The number of allylic oxidation sites excluding steroid dienone is 1. The second kappa shape index (κ2) is 10.8. The first-order valence-corrected chi connectivity index (χ1v) is 11.0. The van der Waals surface area contributed by atoms with Crippen molar-refractivity contribution in [1.82, 2.24) is 0 Å². The molecule has 0 aliphatic heterocycles. The molecule has 0 aliphatic rings. The molecule has 0 bridgehead atoms. The molecule has 0 amide bonds. The minimum absolute atomic E-state index is 0.865. The summed E-state index contributed by atoms with van der Waals surface area (Å²) in [7, 11) is -1.04. The molecule has 0 aliphatic carbocycles. The fourth-order valence-corrected chi connectivity index (χ4v) is 7.74. The van der Waals surface area contributed by atoms with Gasteiger partial charge in [-0.2, -0.15) is 0 Å². The summed E-state index contributed by atoms with van der Waals surface area (Å²) in [5.41, 5.74) is 0.865. The van der Waals surface area contributed by atoms with Gasteiger partial charge < -0.3 is 0 Å². The summed E-state index contributed by atoms with van der Waals surface area (Å²) in [5.74, 6) is 0. The molecule has 0 aromatic heterocycles. The molecule has 0 spiro atoms. The molecular formula is C17H36Si. The average Bonchev–Trinajstić information content (AvgIpc) is 2.42. The second-order valence-electron chi connectivity index (χ2n) is 5.82. The van der Waals surface area contributed by atoms with Crippen LogP contribution in [0.5, 0.6) is 0 Å². The van der Waals surface area contributed by atoms with Crippen molar-refractivity contribution in [2.45, 2.75) is 96.3 Å². The summed E-state index contributed by atoms with van der Waals surface area (Å²) >= 11 is 0. The lowest BCUT2D eigenvalue weighted by Crippen LogP contribution is -2.36. The van der Waals surface area contributed by atoms with Crippen LogP contribution >= 0.6 is 0 Å². The van der Waals surface area contributed by atoms with Crippen molar-refractivity contribution in [2.75, 3.05) is 0 Å². The highest BCUT2D eigenvalue weighted by atomic mass is 28.3. The molecule has 1 heteroatoms. The number of unbranched alkanes of at least 4 members (excludes halogenated alkanes) is 5. The molecule has 0 aromatic carbocycles. The Morgan fingerprint density at radius 1 is 0.833 bits per heavy atom. The fourth-order valence-electron chi connectivity index (χ4n) is 3.36. The highest BCUT2D eigenvalue weighted by Gasteiger charge is 2.33. The van der Waals surface area contributed by atoms with Crippen molar-refractivity contribution in [1.29, 1.82) is 0 Å². The molecule has 0 rings (SSSR count). The highest BCUT2D eigenvalue weighted by Crippen LogP contribution is 2.37. The van der Waals surface area contributed by atoms with E-state index in [1.165, 1.54) is 63.1 Å². The maximum Gasteiger partial charge on any atom is 0.0596 e. The molecule has 1 unspecified atom stereocenters. The van der Waals surface area contributed by atoms with Crippen LogP contribution in [0, 0.1) is 0 Å². The molecule has 0 heterocycles. The number of hydrogen-bond acceptors (Lipinski definition) is 0. The Balaban J connectivity index is 4.05. The maximum atomic E-state index is 4.13. The largest absolute Gasteiger partial charge is 0.103 e. The van der Waals surface area contributed by atoms with Crippen molar-refractivity contribution in [3.63, 3.8) is 0 Å². The predicted octanol–water partition coefficient (Wildman–Crippen LogP) is 6.80. The average molecular weight is 269 g/mol. The molecule has 0 aromatic rings. The lowest BCUT2D eigenvalue weighted by atomic mass is 10.1. The molecule has 108 valence electrons. The van der Waals surface area contributed by atoms with E-state index in [-0.39, 0.29) is 0 Å². The summed E-state index contributed by atoms with van der Waals surface area (Å²) < 4.78 is 0. The molecule has 0 N–H and O–H groups in total. The summed E-state index contributed by atoms with van der Waals surface area (Å²) in [4.78, 5) is 0. The molecule has 0 fully saturated rings. The van der Waals surface area contributed by atoms with Crippen LogP contribution in [-0.2, 0) is 0 Å². The summed E-state index contributed by atoms with van der Waals surface area (Å²) in [6.45, 7) is 13.7. The van der Waals surface area contributed by atoms with Crippen LogP contribution in [0.2, 0.25) is 23.7 Å². The van der Waals surface area contributed by atoms with Gasteiger partial charge in [0, 0.05) is 0 Å². The second-order valence-corrected chi connectivity index (χ2v) is 11.4. The normalized spacial score (nSPS) is 13.6. The van der Waals surface area contributed by atoms with E-state index >= 15 is 0 Å². The van der Waals surface area contributed by atoms with Gasteiger partial charge in [-0.25, -0.2) is 0 Å². The molecular weight excluding hydrogens is 232 g/mol. The van der Waals surface area contributed by atoms with E-state index < -0.39 is 8.07 Å². The first-order chi connectivity index (χ1) is 8.70. The molecule has 1 atom stereocenters. The van der Waals surface area contributed by atoms with Gasteiger partial charge in [0.2, 0.25) is 0 Å². The van der Waals surface area contributed by atoms with E-state index in [1.54, 1.807) is 0 Å². The smallest absolute Gasteiger partial charge is 0.0596 e. The highest BCUT2D eigenvalue weighted by molar-refractivity contribution is 6.81. The topological polar surface area (TPSA) is 0 Å². The van der Waals surface area contributed by atoms with Crippen LogP contribution in [0.15, 0.2) is 12.7 Å². The third-order valence-corrected chi connectivity index (χ3v) is 11.4. The van der Waals surface area contributed by atoms with Gasteiger partial charge in [0.05, 0.1) is 8.07 Å². The van der Waals surface area contributed by atoms with E-state index in [2.05, 4.69) is 40.3 Å². The summed E-state index contributed by atoms with van der Waals surface area (Å²) in [6.07, 6.45) is 12.2. The number of hydrogen-bond donors (Lipinski definition) is 0. The zero-order chi connectivity index (χ0) is 13.9. The van der Waals surface area contributed by atoms with E-state index in [1.807, 2.05) is 0 Å². The lowest BCUT2D eigenvalue weighted by molar-refractivity contribution is 0.587. The Kier molecular flexibility index (Phi) is 10.8. The summed E-state index contributed by atoms with van der Waals surface area (Å²) in [6, 6.07) is 4.31. The van der Waals surface area contributed by atoms with Gasteiger partial charge in [-0.15, -0.1) is 6.58 Å². The lowest BCUT2D eigenvalue weighted by Gasteiger charge is -2.35. The monoisotopic (exact) mass is 268 g/mol. The SMILES string of the molecule is C=CC(CCCCCCCC)[Si](CC)(CC)CC. The zero-order valence-corrected chi connectivity index (χ0v) is 14.4. The Hall–Kier alpha value is -0.0431. The van der Waals surface area contributed by atoms with Crippen LogP contribution in [0.3, 0.4) is 0 Å². The molecule has 18 heavy (non-hydrogen) atoms. The number of rotatable bonds is 12. The first-order valence-electron chi connectivity index (χ1n) is 8.33. The van der Waals surface area contributed by atoms with Gasteiger partial charge in [0.25, 0.3) is 0 Å². The van der Waals surface area contributed by atoms with E-state index in [0.717, 1.165) is 5.54 Å². The van der Waals surface area contributed by atoms with Gasteiger partial charge in [-0.3, -0.25) is 0 Å². The van der Waals surface area contributed by atoms with Crippen molar-refractivity contribution >= 4 is 8.07 Å². The van der Waals surface area contributed by atoms with Gasteiger partial charge in [-0.1, -0.05) is 90.4 Å². The maximum absolute atomic E-state index is 4.13. The van der Waals surface area contributed by atoms with Crippen molar-refractivity contribution < 1.29 is 0 Å². The zero-order valence-electron chi connectivity index (χ0n) is 13.4. The van der Waals surface area contributed by atoms with Crippen LogP contribution in [-0.4, -0.2) is 8.07 Å². The van der Waals surface area contributed by atoms with E-state index in [4.69, 9.17) is 0 Å². The van der Waals surface area contributed by atoms with Gasteiger partial charge in [-0.05, 0) is 12.0 Å². The Morgan fingerprint density at radius 2 is 1.33 bits per heavy atom. The predicted molar refractivity (Wildman–Crippen MR) is 89.1 cm³/mol. The van der Waals surface area contributed by atoms with Crippen molar-refractivity contribution in [3.8, 4) is 0 Å². The minimum Gasteiger partial charge on any atom is -0.103 e. The van der Waals surface area contributed by atoms with Gasteiger partial charge in [0.15, 0.2) is 0 Å². The van der Waals surface area contributed by atoms with Gasteiger partial charge in [0.1, 0.15) is 0 Å². The molecule has 0 saturated heterocycles. The van der Waals surface area contributed by atoms with Crippen LogP contribution in [0.1, 0.15) is 72.6 Å². The molecule has 0 radical (unpaired) electrons. The van der Waals surface area contributed by atoms with Gasteiger partial charge >= 0.3 is 0 Å². The Bertz CT molecular complexity index is 186.